The fraction of sp³-hybridized carbons (Fsp3) is 0.409. The van der Waals surface area contributed by atoms with Crippen molar-refractivity contribution in [1.82, 2.24) is 9.88 Å². The number of carbonyl (C=O) groups excluding carboxylic acids is 1. The van der Waals surface area contributed by atoms with Gasteiger partial charge in [-0.3, -0.25) is 9.00 Å². The smallest absolute Gasteiger partial charge is 0.226 e. The average Bonchev–Trinajstić information content (AvgIpc) is 2.74. The zero-order chi connectivity index (χ0) is 20.4. The van der Waals surface area contributed by atoms with Crippen molar-refractivity contribution >= 4 is 27.1 Å². The van der Waals surface area contributed by atoms with E-state index < -0.39 is 9.52 Å². The molecule has 2 fully saturated rings. The minimum Gasteiger partial charge on any atom is -0.352 e. The van der Waals surface area contributed by atoms with E-state index in [1.54, 1.807) is 18.3 Å². The lowest BCUT2D eigenvalue weighted by Crippen LogP contribution is -2.53. The van der Waals surface area contributed by atoms with E-state index in [1.807, 2.05) is 23.1 Å². The van der Waals surface area contributed by atoms with Crippen LogP contribution in [0.2, 0.25) is 0 Å². The molecule has 4 rings (SSSR count). The molecule has 0 saturated carbocycles. The number of rotatable bonds is 3. The van der Waals surface area contributed by atoms with Gasteiger partial charge in [-0.15, -0.1) is 0 Å². The summed E-state index contributed by atoms with van der Waals surface area (Å²) in [7, 11) is -2.02. The molecule has 0 radical (unpaired) electrons. The average molecular weight is 416 g/mol. The number of pyridine rings is 1. The maximum atomic E-state index is 13.5. The summed E-state index contributed by atoms with van der Waals surface area (Å²) in [4.78, 5) is 21.9. The fourth-order valence-corrected chi connectivity index (χ4v) is 5.84. The summed E-state index contributed by atoms with van der Waals surface area (Å²) in [5, 5.41) is 0. The van der Waals surface area contributed by atoms with Crippen molar-refractivity contribution < 1.29 is 13.4 Å². The Morgan fingerprint density at radius 3 is 2.48 bits per heavy atom. The summed E-state index contributed by atoms with van der Waals surface area (Å²) < 4.78 is 25.7. The number of anilines is 1. The van der Waals surface area contributed by atoms with E-state index in [-0.39, 0.29) is 23.7 Å². The first-order valence-corrected chi connectivity index (χ1v) is 12.0. The zero-order valence-electron chi connectivity index (χ0n) is 16.4. The summed E-state index contributed by atoms with van der Waals surface area (Å²) in [5.74, 6) is 5.41. The summed E-state index contributed by atoms with van der Waals surface area (Å²) >= 11 is 0. The molecule has 1 atom stereocenters. The molecule has 2 aliphatic rings. The van der Waals surface area contributed by atoms with E-state index in [1.165, 1.54) is 12.1 Å². The maximum Gasteiger partial charge on any atom is 0.226 e. The normalized spacial score (nSPS) is 27.6. The van der Waals surface area contributed by atoms with Gasteiger partial charge >= 0.3 is 0 Å². The van der Waals surface area contributed by atoms with Gasteiger partial charge in [0.05, 0.1) is 6.04 Å². The van der Waals surface area contributed by atoms with E-state index in [4.69, 9.17) is 0 Å². The molecule has 7 heteroatoms. The molecule has 2 aliphatic heterocycles. The first-order valence-electron chi connectivity index (χ1n) is 9.97. The van der Waals surface area contributed by atoms with Gasteiger partial charge in [0.15, 0.2) is 0 Å². The molecule has 0 bridgehead atoms. The van der Waals surface area contributed by atoms with Crippen molar-refractivity contribution in [1.29, 1.82) is 0 Å². The van der Waals surface area contributed by atoms with Gasteiger partial charge in [0, 0.05) is 43.3 Å². The maximum absolute atomic E-state index is 13.5. The topological polar surface area (TPSA) is 53.5 Å². The standard InChI is InChI=1S/C22H26FN3O2S/c1-29(28)14-9-18(10-15-29)22(27)26-13-12-25(21-4-2-3-11-24-21)16-20(26)17-5-7-19(23)8-6-17/h2-8,11,18,20H,1,9-10,12-16H2. The van der Waals surface area contributed by atoms with Crippen molar-refractivity contribution in [3.63, 3.8) is 0 Å². The Hall–Kier alpha value is -2.41. The van der Waals surface area contributed by atoms with Crippen LogP contribution in [-0.4, -0.2) is 57.0 Å². The molecule has 0 spiro atoms. The van der Waals surface area contributed by atoms with E-state index in [9.17, 15) is 13.4 Å². The predicted molar refractivity (Wildman–Crippen MR) is 115 cm³/mol. The monoisotopic (exact) mass is 415 g/mol. The van der Waals surface area contributed by atoms with Crippen LogP contribution < -0.4 is 4.90 Å². The first kappa shape index (κ1) is 19.9. The highest BCUT2D eigenvalue weighted by Gasteiger charge is 2.36. The second-order valence-electron chi connectivity index (χ2n) is 7.88. The van der Waals surface area contributed by atoms with Crippen molar-refractivity contribution in [3.8, 4) is 0 Å². The number of nitrogens with zero attached hydrogens (tertiary/aromatic N) is 3. The van der Waals surface area contributed by atoms with Crippen LogP contribution in [0.25, 0.3) is 0 Å². The van der Waals surface area contributed by atoms with Crippen molar-refractivity contribution in [2.45, 2.75) is 18.9 Å². The Kier molecular flexibility index (Phi) is 5.58. The highest BCUT2D eigenvalue weighted by Crippen LogP contribution is 2.31. The van der Waals surface area contributed by atoms with Crippen LogP contribution in [0.4, 0.5) is 10.2 Å². The number of amides is 1. The largest absolute Gasteiger partial charge is 0.352 e. The number of benzene rings is 1. The molecule has 29 heavy (non-hydrogen) atoms. The third-order valence-corrected chi connectivity index (χ3v) is 7.88. The highest BCUT2D eigenvalue weighted by atomic mass is 32.2. The molecule has 1 amide bonds. The van der Waals surface area contributed by atoms with Gasteiger partial charge < -0.3 is 9.80 Å². The van der Waals surface area contributed by atoms with Crippen LogP contribution >= 0.6 is 0 Å². The Morgan fingerprint density at radius 1 is 1.10 bits per heavy atom. The summed E-state index contributed by atoms with van der Waals surface area (Å²) in [6.07, 6.45) is 3.01. The van der Waals surface area contributed by atoms with Crippen LogP contribution in [0.3, 0.4) is 0 Å². The summed E-state index contributed by atoms with van der Waals surface area (Å²) in [6, 6.07) is 12.0. The lowest BCUT2D eigenvalue weighted by molar-refractivity contribution is -0.138. The third-order valence-electron chi connectivity index (χ3n) is 5.92. The number of hydrogen-bond donors (Lipinski definition) is 0. The van der Waals surface area contributed by atoms with Crippen LogP contribution in [0.1, 0.15) is 24.4 Å². The van der Waals surface area contributed by atoms with E-state index in [2.05, 4.69) is 15.8 Å². The van der Waals surface area contributed by atoms with Gasteiger partial charge in [-0.2, -0.15) is 0 Å². The Balaban J connectivity index is 1.58. The molecule has 1 unspecified atom stereocenters. The molecule has 2 saturated heterocycles. The molecule has 0 aliphatic carbocycles. The van der Waals surface area contributed by atoms with Gasteiger partial charge in [-0.25, -0.2) is 9.37 Å². The van der Waals surface area contributed by atoms with Crippen molar-refractivity contribution in [2.75, 3.05) is 36.0 Å². The van der Waals surface area contributed by atoms with Crippen molar-refractivity contribution in [3.05, 3.63) is 60.0 Å². The number of hydrogen-bond acceptors (Lipinski definition) is 4. The SMILES string of the molecule is C=S1(=O)CCC(C(=O)N2CCN(c3ccccn3)CC2c2ccc(F)cc2)CC1. The Labute approximate surface area is 171 Å². The van der Waals surface area contributed by atoms with Crippen molar-refractivity contribution in [2.24, 2.45) is 5.92 Å². The fourth-order valence-electron chi connectivity index (χ4n) is 4.21. The lowest BCUT2D eigenvalue weighted by Gasteiger charge is -2.44. The minimum absolute atomic E-state index is 0.106. The molecular weight excluding hydrogens is 389 g/mol. The Bertz CT molecular complexity index is 949. The van der Waals surface area contributed by atoms with Crippen LogP contribution in [0, 0.1) is 11.7 Å². The molecule has 154 valence electrons. The molecule has 3 heterocycles. The number of carbonyl (C=O) groups is 1. The minimum atomic E-state index is -2.02. The van der Waals surface area contributed by atoms with Crippen LogP contribution in [0.5, 0.6) is 0 Å². The quantitative estimate of drug-likeness (QED) is 0.724. The van der Waals surface area contributed by atoms with Gasteiger partial charge in [0.2, 0.25) is 5.91 Å². The highest BCUT2D eigenvalue weighted by molar-refractivity contribution is 8.00. The molecular formula is C22H26FN3O2S. The zero-order valence-corrected chi connectivity index (χ0v) is 17.2. The van der Waals surface area contributed by atoms with Gasteiger partial charge in [-0.05, 0) is 58.1 Å². The van der Waals surface area contributed by atoms with E-state index in [0.29, 0.717) is 44.0 Å². The second kappa shape index (κ2) is 8.14. The lowest BCUT2D eigenvalue weighted by atomic mass is 9.96. The van der Waals surface area contributed by atoms with E-state index in [0.717, 1.165) is 11.4 Å². The van der Waals surface area contributed by atoms with Gasteiger partial charge in [-0.1, -0.05) is 18.2 Å². The number of piperazine rings is 1. The molecule has 2 aromatic rings. The second-order valence-corrected chi connectivity index (χ2v) is 10.6. The molecule has 1 aromatic carbocycles. The summed E-state index contributed by atoms with van der Waals surface area (Å²) in [5.41, 5.74) is 0.914. The molecule has 5 nitrogen and oxygen atoms in total. The predicted octanol–water partition coefficient (Wildman–Crippen LogP) is 2.74. The Morgan fingerprint density at radius 2 is 1.83 bits per heavy atom. The molecule has 0 N–H and O–H groups in total. The summed E-state index contributed by atoms with van der Waals surface area (Å²) in [6.45, 7) is 1.88. The first-order chi connectivity index (χ1) is 13.9. The number of aromatic nitrogens is 1. The van der Waals surface area contributed by atoms with Crippen LogP contribution in [0.15, 0.2) is 48.7 Å². The van der Waals surface area contributed by atoms with Gasteiger partial charge in [0.1, 0.15) is 11.6 Å². The van der Waals surface area contributed by atoms with Gasteiger partial charge in [0.25, 0.3) is 0 Å². The van der Waals surface area contributed by atoms with Crippen LogP contribution in [-0.2, 0) is 14.3 Å². The molecule has 1 aromatic heterocycles. The number of halogens is 1. The van der Waals surface area contributed by atoms with E-state index >= 15 is 0 Å². The third kappa shape index (κ3) is 4.45.